The van der Waals surface area contributed by atoms with Gasteiger partial charge in [-0.3, -0.25) is 9.59 Å². The monoisotopic (exact) mass is 353 g/mol. The second-order valence-electron chi connectivity index (χ2n) is 5.82. The summed E-state index contributed by atoms with van der Waals surface area (Å²) in [4.78, 5) is 28.3. The SMILES string of the molecule is CC(=O)Nc1ccc(C(=O)[C@@H](C)Sc2nc3ccccc3n2C)cc1. The fourth-order valence-corrected chi connectivity index (χ4v) is 3.56. The van der Waals surface area contributed by atoms with Gasteiger partial charge < -0.3 is 9.88 Å². The normalized spacial score (nSPS) is 12.1. The van der Waals surface area contributed by atoms with E-state index < -0.39 is 0 Å². The Morgan fingerprint density at radius 1 is 1.12 bits per heavy atom. The van der Waals surface area contributed by atoms with Crippen LogP contribution in [0.4, 0.5) is 5.69 Å². The number of nitrogens with zero attached hydrogens (tertiary/aromatic N) is 2. The van der Waals surface area contributed by atoms with Crippen LogP contribution in [0.1, 0.15) is 24.2 Å². The summed E-state index contributed by atoms with van der Waals surface area (Å²) in [5.41, 5.74) is 3.27. The molecule has 1 aromatic heterocycles. The van der Waals surface area contributed by atoms with Crippen molar-refractivity contribution in [3.63, 3.8) is 0 Å². The number of carbonyl (C=O) groups excluding carboxylic acids is 2. The van der Waals surface area contributed by atoms with Crippen LogP contribution in [-0.4, -0.2) is 26.5 Å². The third-order valence-corrected chi connectivity index (χ3v) is 5.03. The summed E-state index contributed by atoms with van der Waals surface area (Å²) in [5, 5.41) is 3.25. The van der Waals surface area contributed by atoms with E-state index in [4.69, 9.17) is 0 Å². The summed E-state index contributed by atoms with van der Waals surface area (Å²) in [6.45, 7) is 3.34. The number of aromatic nitrogens is 2. The summed E-state index contributed by atoms with van der Waals surface area (Å²) in [7, 11) is 1.96. The Kier molecular flexibility index (Phi) is 4.90. The first-order valence-electron chi connectivity index (χ1n) is 7.95. The van der Waals surface area contributed by atoms with Crippen molar-refractivity contribution in [3.05, 3.63) is 54.1 Å². The number of ketones is 1. The molecule has 0 radical (unpaired) electrons. The lowest BCUT2D eigenvalue weighted by Gasteiger charge is -2.11. The molecule has 0 aliphatic carbocycles. The van der Waals surface area contributed by atoms with E-state index in [9.17, 15) is 9.59 Å². The third-order valence-electron chi connectivity index (χ3n) is 3.89. The Balaban J connectivity index is 1.75. The molecule has 1 atom stereocenters. The topological polar surface area (TPSA) is 64.0 Å². The lowest BCUT2D eigenvalue weighted by molar-refractivity contribution is -0.114. The summed E-state index contributed by atoms with van der Waals surface area (Å²) in [6, 6.07) is 14.9. The number of para-hydroxylation sites is 2. The first-order valence-corrected chi connectivity index (χ1v) is 8.83. The van der Waals surface area contributed by atoms with Crippen LogP contribution in [0.3, 0.4) is 0 Å². The van der Waals surface area contributed by atoms with Crippen molar-refractivity contribution in [1.29, 1.82) is 0 Å². The van der Waals surface area contributed by atoms with E-state index in [1.54, 1.807) is 24.3 Å². The van der Waals surface area contributed by atoms with Crippen LogP contribution in [0.25, 0.3) is 11.0 Å². The van der Waals surface area contributed by atoms with Crippen LogP contribution >= 0.6 is 11.8 Å². The number of thioether (sulfide) groups is 1. The zero-order chi connectivity index (χ0) is 18.0. The van der Waals surface area contributed by atoms with Crippen molar-refractivity contribution < 1.29 is 9.59 Å². The van der Waals surface area contributed by atoms with Gasteiger partial charge in [0, 0.05) is 25.2 Å². The zero-order valence-corrected chi connectivity index (χ0v) is 15.1. The first kappa shape index (κ1) is 17.2. The Bertz CT molecular complexity index is 931. The van der Waals surface area contributed by atoms with Gasteiger partial charge in [0.2, 0.25) is 5.91 Å². The molecule has 1 heterocycles. The molecule has 0 unspecified atom stereocenters. The molecule has 1 amide bonds. The van der Waals surface area contributed by atoms with Crippen molar-refractivity contribution in [2.24, 2.45) is 7.05 Å². The zero-order valence-electron chi connectivity index (χ0n) is 14.3. The third kappa shape index (κ3) is 3.74. The summed E-state index contributed by atoms with van der Waals surface area (Å²) in [5.74, 6) is -0.101. The number of imidazole rings is 1. The lowest BCUT2D eigenvalue weighted by atomic mass is 10.1. The number of carbonyl (C=O) groups is 2. The van der Waals surface area contributed by atoms with E-state index in [0.29, 0.717) is 11.3 Å². The number of benzene rings is 2. The van der Waals surface area contributed by atoms with Gasteiger partial charge in [0.1, 0.15) is 0 Å². The average molecular weight is 353 g/mol. The maximum absolute atomic E-state index is 12.7. The van der Waals surface area contributed by atoms with E-state index in [1.807, 2.05) is 42.8 Å². The van der Waals surface area contributed by atoms with E-state index >= 15 is 0 Å². The fourth-order valence-electron chi connectivity index (χ4n) is 2.60. The van der Waals surface area contributed by atoms with Gasteiger partial charge in [-0.15, -0.1) is 0 Å². The highest BCUT2D eigenvalue weighted by atomic mass is 32.2. The molecule has 128 valence electrons. The van der Waals surface area contributed by atoms with Crippen molar-refractivity contribution in [2.45, 2.75) is 24.3 Å². The molecule has 1 N–H and O–H groups in total. The van der Waals surface area contributed by atoms with Gasteiger partial charge in [-0.2, -0.15) is 0 Å². The minimum atomic E-state index is -0.262. The molecule has 0 fully saturated rings. The fraction of sp³-hybridized carbons (Fsp3) is 0.211. The van der Waals surface area contributed by atoms with Gasteiger partial charge >= 0.3 is 0 Å². The molecule has 3 rings (SSSR count). The number of Topliss-reactive ketones (excluding diaryl/α,β-unsaturated/α-hetero) is 1. The minimum Gasteiger partial charge on any atom is -0.326 e. The summed E-state index contributed by atoms with van der Waals surface area (Å²) < 4.78 is 2.00. The molecule has 0 aliphatic heterocycles. The van der Waals surface area contributed by atoms with Crippen LogP contribution in [0, 0.1) is 0 Å². The standard InChI is InChI=1S/C19H19N3O2S/c1-12(18(24)14-8-10-15(11-9-14)20-13(2)23)25-19-21-16-6-4-5-7-17(16)22(19)3/h4-12H,1-3H3,(H,20,23)/t12-/m1/s1. The molecule has 0 spiro atoms. The van der Waals surface area contributed by atoms with Crippen LogP contribution in [0.5, 0.6) is 0 Å². The van der Waals surface area contributed by atoms with E-state index in [2.05, 4.69) is 10.3 Å². The Hall–Kier alpha value is -2.60. The van der Waals surface area contributed by atoms with Gasteiger partial charge in [-0.05, 0) is 43.3 Å². The molecule has 2 aromatic carbocycles. The van der Waals surface area contributed by atoms with E-state index in [-0.39, 0.29) is 16.9 Å². The Labute approximate surface area is 150 Å². The number of amides is 1. The van der Waals surface area contributed by atoms with Gasteiger partial charge in [0.05, 0.1) is 16.3 Å². The minimum absolute atomic E-state index is 0.0337. The van der Waals surface area contributed by atoms with Crippen LogP contribution in [0.2, 0.25) is 0 Å². The predicted molar refractivity (Wildman–Crippen MR) is 101 cm³/mol. The maximum atomic E-state index is 12.7. The summed E-state index contributed by atoms with van der Waals surface area (Å²) >= 11 is 1.45. The van der Waals surface area contributed by atoms with Crippen molar-refractivity contribution in [2.75, 3.05) is 5.32 Å². The van der Waals surface area contributed by atoms with Crippen LogP contribution in [0.15, 0.2) is 53.7 Å². The van der Waals surface area contributed by atoms with Crippen LogP contribution < -0.4 is 5.32 Å². The highest BCUT2D eigenvalue weighted by molar-refractivity contribution is 8.00. The molecular weight excluding hydrogens is 334 g/mol. The van der Waals surface area contributed by atoms with Gasteiger partial charge in [0.15, 0.2) is 10.9 Å². The largest absolute Gasteiger partial charge is 0.326 e. The first-order chi connectivity index (χ1) is 12.0. The molecule has 0 saturated heterocycles. The number of fused-ring (bicyclic) bond motifs is 1. The smallest absolute Gasteiger partial charge is 0.221 e. The molecule has 6 heteroatoms. The number of rotatable bonds is 5. The van der Waals surface area contributed by atoms with E-state index in [0.717, 1.165) is 16.2 Å². The number of anilines is 1. The number of hydrogen-bond acceptors (Lipinski definition) is 4. The van der Waals surface area contributed by atoms with Gasteiger partial charge in [-0.25, -0.2) is 4.98 Å². The Morgan fingerprint density at radius 2 is 1.80 bits per heavy atom. The highest BCUT2D eigenvalue weighted by Gasteiger charge is 2.19. The lowest BCUT2D eigenvalue weighted by Crippen LogP contribution is -2.14. The second-order valence-corrected chi connectivity index (χ2v) is 7.13. The Morgan fingerprint density at radius 3 is 2.44 bits per heavy atom. The molecule has 0 bridgehead atoms. The summed E-state index contributed by atoms with van der Waals surface area (Å²) in [6.07, 6.45) is 0. The van der Waals surface area contributed by atoms with Crippen molar-refractivity contribution in [1.82, 2.24) is 9.55 Å². The molecule has 5 nitrogen and oxygen atoms in total. The molecule has 3 aromatic rings. The number of aryl methyl sites for hydroxylation is 1. The second kappa shape index (κ2) is 7.11. The van der Waals surface area contributed by atoms with Crippen LogP contribution in [-0.2, 0) is 11.8 Å². The van der Waals surface area contributed by atoms with Gasteiger partial charge in [0.25, 0.3) is 0 Å². The average Bonchev–Trinajstić information content (AvgIpc) is 2.90. The number of nitrogens with one attached hydrogen (secondary N) is 1. The molecule has 0 aliphatic rings. The van der Waals surface area contributed by atoms with Gasteiger partial charge in [-0.1, -0.05) is 23.9 Å². The molecule has 25 heavy (non-hydrogen) atoms. The highest BCUT2D eigenvalue weighted by Crippen LogP contribution is 2.28. The van der Waals surface area contributed by atoms with Crippen molar-refractivity contribution in [3.8, 4) is 0 Å². The predicted octanol–water partition coefficient (Wildman–Crippen LogP) is 3.90. The quantitative estimate of drug-likeness (QED) is 0.558. The molecular formula is C19H19N3O2S. The van der Waals surface area contributed by atoms with E-state index in [1.165, 1.54) is 18.7 Å². The molecule has 0 saturated carbocycles. The number of hydrogen-bond donors (Lipinski definition) is 1. The maximum Gasteiger partial charge on any atom is 0.221 e. The van der Waals surface area contributed by atoms with Crippen molar-refractivity contribution >= 4 is 40.2 Å².